The van der Waals surface area contributed by atoms with E-state index in [1.807, 2.05) is 12.1 Å². The van der Waals surface area contributed by atoms with E-state index in [0.717, 1.165) is 63.4 Å². The molecule has 0 aliphatic carbocycles. The van der Waals surface area contributed by atoms with E-state index in [1.54, 1.807) is 17.9 Å². The van der Waals surface area contributed by atoms with Crippen LogP contribution in [0.1, 0.15) is 19.3 Å². The maximum absolute atomic E-state index is 12.4. The van der Waals surface area contributed by atoms with Gasteiger partial charge in [0.2, 0.25) is 0 Å². The van der Waals surface area contributed by atoms with Crippen molar-refractivity contribution in [1.82, 2.24) is 14.5 Å². The highest BCUT2D eigenvalue weighted by molar-refractivity contribution is 7.09. The third-order valence-corrected chi connectivity index (χ3v) is 6.52. The van der Waals surface area contributed by atoms with Crippen LogP contribution in [0.2, 0.25) is 0 Å². The number of hydrogen-bond donors (Lipinski definition) is 1. The quantitative estimate of drug-likeness (QED) is 0.559. The molecule has 0 atom stereocenters. The number of benzene rings is 1. The number of piperazine rings is 1. The topological polar surface area (TPSA) is 70.6 Å². The Morgan fingerprint density at radius 3 is 2.57 bits per heavy atom. The van der Waals surface area contributed by atoms with E-state index < -0.39 is 0 Å². The number of anilines is 1. The van der Waals surface area contributed by atoms with E-state index in [-0.39, 0.29) is 11.2 Å². The molecule has 1 fully saturated rings. The van der Waals surface area contributed by atoms with Gasteiger partial charge in [0.05, 0.1) is 23.7 Å². The summed E-state index contributed by atoms with van der Waals surface area (Å²) in [6.45, 7) is 5.58. The Morgan fingerprint density at radius 1 is 1.00 bits per heavy atom. The minimum absolute atomic E-state index is 0.178. The highest BCUT2D eigenvalue weighted by Crippen LogP contribution is 2.28. The third kappa shape index (κ3) is 4.44. The zero-order valence-corrected chi connectivity index (χ0v) is 18.1. The second-order valence-corrected chi connectivity index (χ2v) is 8.39. The molecule has 3 heterocycles. The lowest BCUT2D eigenvalue weighted by Gasteiger charge is -2.36. The molecule has 0 unspecified atom stereocenters. The minimum atomic E-state index is -0.307. The molecule has 0 amide bonds. The van der Waals surface area contributed by atoms with Gasteiger partial charge in [-0.15, -0.1) is 11.3 Å². The third-order valence-electron chi connectivity index (χ3n) is 5.78. The van der Waals surface area contributed by atoms with Crippen LogP contribution in [0, 0.1) is 0 Å². The Bertz CT molecular complexity index is 1100. The van der Waals surface area contributed by atoms with Crippen molar-refractivity contribution in [2.45, 2.75) is 25.8 Å². The summed E-state index contributed by atoms with van der Waals surface area (Å²) in [6.07, 6.45) is 2.90. The standard InChI is InChI=1S/C22H28N4O3S/c1-29-20-8-4-3-7-19(20)25-13-11-24(12-14-25)9-5-2-6-10-26-21(27)17-15-30-16-18(17)23-22(26)28/h3-4,7-8,15-16H,2,5-6,9-14H2,1H3,(H,23,28). The zero-order valence-electron chi connectivity index (χ0n) is 17.3. The molecule has 3 aromatic rings. The summed E-state index contributed by atoms with van der Waals surface area (Å²) < 4.78 is 6.82. The van der Waals surface area contributed by atoms with Crippen LogP contribution in [0.15, 0.2) is 44.6 Å². The van der Waals surface area contributed by atoms with E-state index in [0.29, 0.717) is 17.4 Å². The summed E-state index contributed by atoms with van der Waals surface area (Å²) in [4.78, 5) is 32.3. The van der Waals surface area contributed by atoms with Crippen LogP contribution >= 0.6 is 11.3 Å². The number of fused-ring (bicyclic) bond motifs is 1. The molecule has 0 saturated carbocycles. The number of rotatable bonds is 8. The zero-order chi connectivity index (χ0) is 20.9. The Labute approximate surface area is 179 Å². The number of hydrogen-bond acceptors (Lipinski definition) is 6. The summed E-state index contributed by atoms with van der Waals surface area (Å²) in [5.41, 5.74) is 1.32. The molecule has 1 N–H and O–H groups in total. The number of para-hydroxylation sites is 2. The Balaban J connectivity index is 1.21. The first-order chi connectivity index (χ1) is 14.7. The molecule has 160 valence electrons. The number of nitrogens with one attached hydrogen (secondary N) is 1. The van der Waals surface area contributed by atoms with Crippen LogP contribution in [-0.2, 0) is 6.54 Å². The number of ether oxygens (including phenoxy) is 1. The minimum Gasteiger partial charge on any atom is -0.495 e. The second kappa shape index (κ2) is 9.49. The van der Waals surface area contributed by atoms with Crippen LogP contribution in [-0.4, -0.2) is 54.3 Å². The second-order valence-electron chi connectivity index (χ2n) is 7.65. The Hall–Kier alpha value is -2.58. The number of aromatic amines is 1. The first-order valence-electron chi connectivity index (χ1n) is 10.5. The maximum Gasteiger partial charge on any atom is 0.328 e. The average molecular weight is 429 g/mol. The highest BCUT2D eigenvalue weighted by Gasteiger charge is 2.19. The van der Waals surface area contributed by atoms with Crippen molar-refractivity contribution in [3.8, 4) is 5.75 Å². The van der Waals surface area contributed by atoms with Gasteiger partial charge in [0.1, 0.15) is 5.75 Å². The summed E-state index contributed by atoms with van der Waals surface area (Å²) in [5, 5.41) is 4.21. The van der Waals surface area contributed by atoms with Gasteiger partial charge in [-0.2, -0.15) is 0 Å². The molecule has 0 bridgehead atoms. The van der Waals surface area contributed by atoms with Crippen LogP contribution in [0.5, 0.6) is 5.75 Å². The van der Waals surface area contributed by atoms with E-state index in [2.05, 4.69) is 26.9 Å². The fourth-order valence-electron chi connectivity index (χ4n) is 4.07. The SMILES string of the molecule is COc1ccccc1N1CCN(CCCCCn2c(=O)[nH]c3cscc3c2=O)CC1. The normalized spacial score (nSPS) is 15.0. The first-order valence-corrected chi connectivity index (χ1v) is 11.4. The van der Waals surface area contributed by atoms with Crippen LogP contribution in [0.3, 0.4) is 0 Å². The van der Waals surface area contributed by atoms with Gasteiger partial charge in [0.25, 0.3) is 5.56 Å². The molecule has 8 heteroatoms. The molecule has 0 spiro atoms. The van der Waals surface area contributed by atoms with E-state index in [4.69, 9.17) is 4.74 Å². The van der Waals surface area contributed by atoms with Gasteiger partial charge in [-0.3, -0.25) is 14.3 Å². The molecular weight excluding hydrogens is 400 g/mol. The first kappa shape index (κ1) is 20.7. The fourth-order valence-corrected chi connectivity index (χ4v) is 4.82. The summed E-state index contributed by atoms with van der Waals surface area (Å²) in [7, 11) is 1.72. The molecule has 30 heavy (non-hydrogen) atoms. The van der Waals surface area contributed by atoms with Crippen molar-refractivity contribution in [2.75, 3.05) is 44.7 Å². The smallest absolute Gasteiger partial charge is 0.328 e. The molecule has 7 nitrogen and oxygen atoms in total. The van der Waals surface area contributed by atoms with Gasteiger partial charge in [-0.05, 0) is 31.5 Å². The van der Waals surface area contributed by atoms with Crippen LogP contribution < -0.4 is 20.9 Å². The fraction of sp³-hybridized carbons (Fsp3) is 0.455. The Morgan fingerprint density at radius 2 is 1.77 bits per heavy atom. The van der Waals surface area contributed by atoms with Gasteiger partial charge in [-0.1, -0.05) is 18.6 Å². The lowest BCUT2D eigenvalue weighted by molar-refractivity contribution is 0.251. The van der Waals surface area contributed by atoms with Gasteiger partial charge in [0.15, 0.2) is 0 Å². The van der Waals surface area contributed by atoms with Crippen LogP contribution in [0.25, 0.3) is 10.9 Å². The van der Waals surface area contributed by atoms with E-state index >= 15 is 0 Å². The number of methoxy groups -OCH3 is 1. The molecule has 0 radical (unpaired) electrons. The van der Waals surface area contributed by atoms with E-state index in [9.17, 15) is 9.59 Å². The highest BCUT2D eigenvalue weighted by atomic mass is 32.1. The summed E-state index contributed by atoms with van der Waals surface area (Å²) >= 11 is 1.43. The van der Waals surface area contributed by atoms with Gasteiger partial charge >= 0.3 is 5.69 Å². The number of unbranched alkanes of at least 4 members (excludes halogenated alkanes) is 2. The van der Waals surface area contributed by atoms with Crippen molar-refractivity contribution in [2.24, 2.45) is 0 Å². The molecular formula is C22H28N4O3S. The molecule has 1 saturated heterocycles. The number of nitrogens with zero attached hydrogens (tertiary/aromatic N) is 3. The lowest BCUT2D eigenvalue weighted by atomic mass is 10.2. The van der Waals surface area contributed by atoms with Gasteiger partial charge in [-0.25, -0.2) is 4.79 Å². The van der Waals surface area contributed by atoms with Crippen molar-refractivity contribution >= 4 is 27.9 Å². The molecule has 2 aromatic heterocycles. The van der Waals surface area contributed by atoms with Gasteiger partial charge < -0.3 is 14.6 Å². The monoisotopic (exact) mass is 428 g/mol. The summed E-state index contributed by atoms with van der Waals surface area (Å²) in [5.74, 6) is 0.928. The van der Waals surface area contributed by atoms with Crippen molar-refractivity contribution in [3.63, 3.8) is 0 Å². The number of H-pyrrole nitrogens is 1. The maximum atomic E-state index is 12.4. The number of aromatic nitrogens is 2. The molecule has 1 aliphatic heterocycles. The average Bonchev–Trinajstić information content (AvgIpc) is 3.24. The van der Waals surface area contributed by atoms with Gasteiger partial charge in [0, 0.05) is 43.5 Å². The van der Waals surface area contributed by atoms with Crippen LogP contribution in [0.4, 0.5) is 5.69 Å². The largest absolute Gasteiger partial charge is 0.495 e. The lowest BCUT2D eigenvalue weighted by Crippen LogP contribution is -2.46. The molecule has 1 aromatic carbocycles. The molecule has 4 rings (SSSR count). The van der Waals surface area contributed by atoms with Crippen molar-refractivity contribution in [3.05, 3.63) is 55.9 Å². The molecule has 1 aliphatic rings. The predicted octanol–water partition coefficient (Wildman–Crippen LogP) is 2.75. The summed E-state index contributed by atoms with van der Waals surface area (Å²) in [6, 6.07) is 8.18. The number of thiophene rings is 1. The van der Waals surface area contributed by atoms with E-state index in [1.165, 1.54) is 15.9 Å². The van der Waals surface area contributed by atoms with Crippen molar-refractivity contribution < 1.29 is 4.74 Å². The predicted molar refractivity (Wildman–Crippen MR) is 122 cm³/mol. The Kier molecular flexibility index (Phi) is 6.54. The van der Waals surface area contributed by atoms with Crippen molar-refractivity contribution in [1.29, 1.82) is 0 Å².